The molecular formula is C19H25N3OS. The zero-order valence-electron chi connectivity index (χ0n) is 14.0. The lowest BCUT2D eigenvalue weighted by atomic mass is 10.1. The van der Waals surface area contributed by atoms with E-state index in [1.807, 2.05) is 11.0 Å². The molecule has 128 valence electrons. The van der Waals surface area contributed by atoms with E-state index in [4.69, 9.17) is 5.73 Å². The van der Waals surface area contributed by atoms with Crippen molar-refractivity contribution in [2.75, 3.05) is 32.7 Å². The molecule has 1 aliphatic rings. The van der Waals surface area contributed by atoms with Crippen molar-refractivity contribution in [3.63, 3.8) is 0 Å². The highest BCUT2D eigenvalue weighted by molar-refractivity contribution is 7.10. The Bertz CT molecular complexity index is 656. The van der Waals surface area contributed by atoms with E-state index >= 15 is 0 Å². The number of hydrogen-bond donors (Lipinski definition) is 1. The second-order valence-corrected chi connectivity index (χ2v) is 7.24. The molecule has 3 rings (SSSR count). The lowest BCUT2D eigenvalue weighted by Crippen LogP contribution is -2.44. The molecule has 2 aromatic rings. The summed E-state index contributed by atoms with van der Waals surface area (Å²) in [5.74, 6) is 0.216. The topological polar surface area (TPSA) is 49.6 Å². The van der Waals surface area contributed by atoms with Crippen molar-refractivity contribution in [2.45, 2.75) is 19.4 Å². The Balaban J connectivity index is 1.54. The lowest BCUT2D eigenvalue weighted by Gasteiger charge is -2.30. The zero-order chi connectivity index (χ0) is 16.8. The van der Waals surface area contributed by atoms with E-state index in [-0.39, 0.29) is 5.91 Å². The van der Waals surface area contributed by atoms with Crippen LogP contribution in [0.1, 0.15) is 16.0 Å². The molecule has 5 heteroatoms. The van der Waals surface area contributed by atoms with Crippen LogP contribution >= 0.6 is 11.3 Å². The number of hydrogen-bond acceptors (Lipinski definition) is 4. The first kappa shape index (κ1) is 17.1. The van der Waals surface area contributed by atoms with Gasteiger partial charge in [-0.1, -0.05) is 30.3 Å². The van der Waals surface area contributed by atoms with Crippen LogP contribution in [0.15, 0.2) is 41.8 Å². The Labute approximate surface area is 147 Å². The van der Waals surface area contributed by atoms with E-state index in [2.05, 4.69) is 40.6 Å². The van der Waals surface area contributed by atoms with Gasteiger partial charge in [0.15, 0.2) is 0 Å². The highest BCUT2D eigenvalue weighted by atomic mass is 32.1. The van der Waals surface area contributed by atoms with Gasteiger partial charge in [-0.2, -0.15) is 0 Å². The summed E-state index contributed by atoms with van der Waals surface area (Å²) in [6.07, 6.45) is 1.93. The van der Waals surface area contributed by atoms with Crippen LogP contribution in [0, 0.1) is 0 Å². The summed E-state index contributed by atoms with van der Waals surface area (Å²) in [6.45, 7) is 4.26. The van der Waals surface area contributed by atoms with Gasteiger partial charge < -0.3 is 10.6 Å². The first-order chi connectivity index (χ1) is 11.8. The van der Waals surface area contributed by atoms with Gasteiger partial charge in [-0.05, 0) is 35.4 Å². The van der Waals surface area contributed by atoms with E-state index < -0.39 is 0 Å². The summed E-state index contributed by atoms with van der Waals surface area (Å²) in [5.41, 5.74) is 8.35. The number of rotatable bonds is 7. The van der Waals surface area contributed by atoms with Crippen LogP contribution in [0.4, 0.5) is 0 Å². The van der Waals surface area contributed by atoms with Crippen molar-refractivity contribution < 1.29 is 4.79 Å². The van der Waals surface area contributed by atoms with Crippen molar-refractivity contribution in [3.05, 3.63) is 57.8 Å². The number of carbonyl (C=O) groups excluding carboxylic acids is 1. The molecule has 0 spiro atoms. The molecule has 0 saturated heterocycles. The van der Waals surface area contributed by atoms with Crippen molar-refractivity contribution in [2.24, 2.45) is 5.73 Å². The molecule has 0 aliphatic carbocycles. The first-order valence-corrected chi connectivity index (χ1v) is 9.43. The van der Waals surface area contributed by atoms with E-state index in [9.17, 15) is 4.79 Å². The second kappa shape index (κ2) is 8.42. The summed E-state index contributed by atoms with van der Waals surface area (Å²) < 4.78 is 0. The highest BCUT2D eigenvalue weighted by Crippen LogP contribution is 2.24. The standard InChI is InChI=1S/C19H25N3OS/c20-9-12-21(10-6-16-4-2-1-3-5-16)15-19(23)22-11-7-18-17(14-22)8-13-24-18/h1-5,8,13H,6-7,9-12,14-15,20H2. The largest absolute Gasteiger partial charge is 0.337 e. The molecule has 1 aromatic carbocycles. The molecule has 4 nitrogen and oxygen atoms in total. The van der Waals surface area contributed by atoms with Crippen LogP contribution in [-0.2, 0) is 24.2 Å². The van der Waals surface area contributed by atoms with Crippen molar-refractivity contribution >= 4 is 17.2 Å². The maximum absolute atomic E-state index is 12.7. The zero-order valence-corrected chi connectivity index (χ0v) is 14.8. The lowest BCUT2D eigenvalue weighted by molar-refractivity contribution is -0.133. The molecule has 1 aliphatic heterocycles. The molecule has 1 amide bonds. The second-order valence-electron chi connectivity index (χ2n) is 6.23. The molecule has 24 heavy (non-hydrogen) atoms. The van der Waals surface area contributed by atoms with Crippen LogP contribution in [0.2, 0.25) is 0 Å². The Hall–Kier alpha value is -1.69. The van der Waals surface area contributed by atoms with E-state index in [0.29, 0.717) is 13.1 Å². The van der Waals surface area contributed by atoms with Crippen molar-refractivity contribution in [1.29, 1.82) is 0 Å². The van der Waals surface area contributed by atoms with Gasteiger partial charge in [-0.15, -0.1) is 11.3 Å². The van der Waals surface area contributed by atoms with Crippen LogP contribution in [0.5, 0.6) is 0 Å². The fraction of sp³-hybridized carbons (Fsp3) is 0.421. The van der Waals surface area contributed by atoms with Crippen molar-refractivity contribution in [3.8, 4) is 0 Å². The van der Waals surface area contributed by atoms with Gasteiger partial charge in [0.2, 0.25) is 5.91 Å². The van der Waals surface area contributed by atoms with Gasteiger partial charge in [-0.3, -0.25) is 9.69 Å². The van der Waals surface area contributed by atoms with Gasteiger partial charge in [0.1, 0.15) is 0 Å². The average Bonchev–Trinajstić information content (AvgIpc) is 3.08. The number of carbonyl (C=O) groups is 1. The van der Waals surface area contributed by atoms with Gasteiger partial charge in [0, 0.05) is 37.6 Å². The van der Waals surface area contributed by atoms with E-state index in [1.54, 1.807) is 11.3 Å². The van der Waals surface area contributed by atoms with Crippen LogP contribution < -0.4 is 5.73 Å². The summed E-state index contributed by atoms with van der Waals surface area (Å²) in [7, 11) is 0. The molecule has 2 N–H and O–H groups in total. The van der Waals surface area contributed by atoms with Gasteiger partial charge in [0.25, 0.3) is 0 Å². The minimum atomic E-state index is 0.216. The van der Waals surface area contributed by atoms with Crippen LogP contribution in [-0.4, -0.2) is 48.4 Å². The molecule has 1 aromatic heterocycles. The summed E-state index contributed by atoms with van der Waals surface area (Å²) in [5, 5.41) is 2.12. The molecular weight excluding hydrogens is 318 g/mol. The third kappa shape index (κ3) is 4.44. The number of fused-ring (bicyclic) bond motifs is 1. The number of amides is 1. The van der Waals surface area contributed by atoms with Crippen molar-refractivity contribution in [1.82, 2.24) is 9.80 Å². The molecule has 0 atom stereocenters. The highest BCUT2D eigenvalue weighted by Gasteiger charge is 2.22. The summed E-state index contributed by atoms with van der Waals surface area (Å²) in [4.78, 5) is 18.3. The number of benzene rings is 1. The maximum atomic E-state index is 12.7. The number of thiophene rings is 1. The first-order valence-electron chi connectivity index (χ1n) is 8.55. The monoisotopic (exact) mass is 343 g/mol. The molecule has 0 saturated carbocycles. The van der Waals surface area contributed by atoms with Gasteiger partial charge in [0.05, 0.1) is 6.54 Å². The van der Waals surface area contributed by atoms with Crippen LogP contribution in [0.25, 0.3) is 0 Å². The minimum Gasteiger partial charge on any atom is -0.337 e. The fourth-order valence-corrected chi connectivity index (χ4v) is 4.03. The predicted octanol–water partition coefficient (Wildman–Crippen LogP) is 2.14. The third-order valence-corrected chi connectivity index (χ3v) is 5.55. The van der Waals surface area contributed by atoms with Gasteiger partial charge >= 0.3 is 0 Å². The Kier molecular flexibility index (Phi) is 6.01. The molecule has 2 heterocycles. The smallest absolute Gasteiger partial charge is 0.237 e. The quantitative estimate of drug-likeness (QED) is 0.838. The number of nitrogens with two attached hydrogens (primary N) is 1. The minimum absolute atomic E-state index is 0.216. The third-order valence-electron chi connectivity index (χ3n) is 4.52. The fourth-order valence-electron chi connectivity index (χ4n) is 3.14. The molecule has 0 radical (unpaired) electrons. The molecule has 0 bridgehead atoms. The predicted molar refractivity (Wildman–Crippen MR) is 99.1 cm³/mol. The molecule has 0 fully saturated rings. The van der Waals surface area contributed by atoms with E-state index in [0.717, 1.165) is 39.0 Å². The Morgan fingerprint density at radius 2 is 2.04 bits per heavy atom. The van der Waals surface area contributed by atoms with E-state index in [1.165, 1.54) is 16.0 Å². The summed E-state index contributed by atoms with van der Waals surface area (Å²) in [6, 6.07) is 12.5. The average molecular weight is 343 g/mol. The summed E-state index contributed by atoms with van der Waals surface area (Å²) >= 11 is 1.80. The van der Waals surface area contributed by atoms with Crippen LogP contribution in [0.3, 0.4) is 0 Å². The SMILES string of the molecule is NCCN(CCc1ccccc1)CC(=O)N1CCc2sccc2C1. The Morgan fingerprint density at radius 3 is 2.83 bits per heavy atom. The normalized spacial score (nSPS) is 14.0. The van der Waals surface area contributed by atoms with Gasteiger partial charge in [-0.25, -0.2) is 0 Å². The number of nitrogens with zero attached hydrogens (tertiary/aromatic N) is 2. The molecule has 0 unspecified atom stereocenters. The maximum Gasteiger partial charge on any atom is 0.237 e. The Morgan fingerprint density at radius 1 is 1.21 bits per heavy atom.